The Hall–Kier alpha value is -1.07. The van der Waals surface area contributed by atoms with Crippen LogP contribution >= 0.6 is 0 Å². The van der Waals surface area contributed by atoms with Crippen LogP contribution in [0, 0.1) is 0 Å². The van der Waals surface area contributed by atoms with Gasteiger partial charge in [0.2, 0.25) is 10.0 Å². The molecule has 1 rings (SSSR count). The number of hydrogen-bond donors (Lipinski definition) is 2. The smallest absolute Gasteiger partial charge is 0.229 e. The predicted molar refractivity (Wildman–Crippen MR) is 85.7 cm³/mol. The normalized spacial score (nSPS) is 12.4. The lowest BCUT2D eigenvalue weighted by molar-refractivity contribution is 0.457. The van der Waals surface area contributed by atoms with E-state index in [0.717, 1.165) is 32.2 Å². The monoisotopic (exact) mass is 298 g/mol. The first-order chi connectivity index (χ1) is 9.24. The van der Waals surface area contributed by atoms with E-state index in [2.05, 4.69) is 30.8 Å². The molecule has 0 spiro atoms. The second-order valence-electron chi connectivity index (χ2n) is 5.84. The van der Waals surface area contributed by atoms with Crippen LogP contribution in [0.15, 0.2) is 24.3 Å². The second-order valence-corrected chi connectivity index (χ2v) is 7.58. The summed E-state index contributed by atoms with van der Waals surface area (Å²) in [7, 11) is -3.21. The van der Waals surface area contributed by atoms with Gasteiger partial charge in [0.05, 0.1) is 6.26 Å². The first-order valence-corrected chi connectivity index (χ1v) is 8.93. The fourth-order valence-corrected chi connectivity index (χ4v) is 2.61. The van der Waals surface area contributed by atoms with Gasteiger partial charge in [0.25, 0.3) is 0 Å². The number of sulfonamides is 1. The molecular formula is C15H26N2O2S. The molecule has 0 heterocycles. The van der Waals surface area contributed by atoms with Crippen molar-refractivity contribution in [3.8, 4) is 0 Å². The van der Waals surface area contributed by atoms with Gasteiger partial charge in [-0.3, -0.25) is 4.72 Å². The maximum Gasteiger partial charge on any atom is 0.229 e. The Morgan fingerprint density at radius 2 is 1.70 bits per heavy atom. The van der Waals surface area contributed by atoms with Gasteiger partial charge in [-0.15, -0.1) is 0 Å². The summed E-state index contributed by atoms with van der Waals surface area (Å²) in [5.41, 5.74) is 1.90. The Kier molecular flexibility index (Phi) is 6.02. The van der Waals surface area contributed by atoms with Crippen LogP contribution < -0.4 is 10.0 Å². The van der Waals surface area contributed by atoms with Crippen LogP contribution in [0.5, 0.6) is 0 Å². The van der Waals surface area contributed by atoms with Gasteiger partial charge < -0.3 is 5.32 Å². The highest BCUT2D eigenvalue weighted by Gasteiger charge is 2.19. The number of rotatable bonds is 8. The molecule has 1 aromatic carbocycles. The molecule has 0 fully saturated rings. The van der Waals surface area contributed by atoms with Crippen molar-refractivity contribution in [3.63, 3.8) is 0 Å². The van der Waals surface area contributed by atoms with E-state index in [0.29, 0.717) is 5.69 Å². The summed E-state index contributed by atoms with van der Waals surface area (Å²) in [5, 5.41) is 3.41. The molecule has 20 heavy (non-hydrogen) atoms. The highest BCUT2D eigenvalue weighted by Crippen LogP contribution is 2.27. The molecule has 4 nitrogen and oxygen atoms in total. The van der Waals surface area contributed by atoms with Crippen molar-refractivity contribution in [3.05, 3.63) is 29.8 Å². The lowest BCUT2D eigenvalue weighted by Gasteiger charge is -2.25. The van der Waals surface area contributed by atoms with E-state index in [-0.39, 0.29) is 5.41 Å². The molecule has 0 aliphatic rings. The SMILES string of the molecule is CCCNCCC(C)(C)c1ccc(NS(C)(=O)=O)cc1. The fraction of sp³-hybridized carbons (Fsp3) is 0.600. The van der Waals surface area contributed by atoms with Crippen molar-refractivity contribution in [2.45, 2.75) is 39.0 Å². The van der Waals surface area contributed by atoms with Crippen LogP contribution in [0.3, 0.4) is 0 Å². The minimum atomic E-state index is -3.21. The molecule has 5 heteroatoms. The molecule has 0 aliphatic carbocycles. The molecule has 0 unspecified atom stereocenters. The number of nitrogens with one attached hydrogen (secondary N) is 2. The maximum absolute atomic E-state index is 11.2. The van der Waals surface area contributed by atoms with Crippen molar-refractivity contribution < 1.29 is 8.42 Å². The van der Waals surface area contributed by atoms with Crippen LogP contribution in [0.2, 0.25) is 0 Å². The summed E-state index contributed by atoms with van der Waals surface area (Å²) in [6.07, 6.45) is 3.35. The molecule has 2 N–H and O–H groups in total. The molecule has 0 radical (unpaired) electrons. The van der Waals surface area contributed by atoms with E-state index in [1.807, 2.05) is 24.3 Å². The summed E-state index contributed by atoms with van der Waals surface area (Å²) in [4.78, 5) is 0. The third-order valence-electron chi connectivity index (χ3n) is 3.32. The van der Waals surface area contributed by atoms with Gasteiger partial charge in [0.1, 0.15) is 0 Å². The summed E-state index contributed by atoms with van der Waals surface area (Å²) in [6, 6.07) is 7.62. The molecule has 0 saturated heterocycles. The summed E-state index contributed by atoms with van der Waals surface area (Å²) in [6.45, 7) is 8.61. The van der Waals surface area contributed by atoms with Crippen molar-refractivity contribution >= 4 is 15.7 Å². The van der Waals surface area contributed by atoms with Gasteiger partial charge in [0.15, 0.2) is 0 Å². The summed E-state index contributed by atoms with van der Waals surface area (Å²) in [5.74, 6) is 0. The minimum absolute atomic E-state index is 0.0738. The molecule has 1 aromatic rings. The van der Waals surface area contributed by atoms with Crippen LogP contribution in [-0.2, 0) is 15.4 Å². The lowest BCUT2D eigenvalue weighted by atomic mass is 9.81. The van der Waals surface area contributed by atoms with Crippen LogP contribution in [0.4, 0.5) is 5.69 Å². The van der Waals surface area contributed by atoms with Gasteiger partial charge >= 0.3 is 0 Å². The van der Waals surface area contributed by atoms with Crippen LogP contribution in [-0.4, -0.2) is 27.8 Å². The Morgan fingerprint density at radius 3 is 2.20 bits per heavy atom. The average Bonchev–Trinajstić information content (AvgIpc) is 2.33. The number of hydrogen-bond acceptors (Lipinski definition) is 3. The molecule has 0 amide bonds. The van der Waals surface area contributed by atoms with Crippen molar-refractivity contribution in [1.29, 1.82) is 0 Å². The van der Waals surface area contributed by atoms with Crippen LogP contribution in [0.1, 0.15) is 39.2 Å². The molecule has 0 aromatic heterocycles. The Bertz CT molecular complexity index is 507. The van der Waals surface area contributed by atoms with E-state index < -0.39 is 10.0 Å². The molecule has 0 atom stereocenters. The number of anilines is 1. The molecule has 0 bridgehead atoms. The van der Waals surface area contributed by atoms with Gasteiger partial charge in [-0.25, -0.2) is 8.42 Å². The second kappa shape index (κ2) is 7.09. The van der Waals surface area contributed by atoms with E-state index >= 15 is 0 Å². The average molecular weight is 298 g/mol. The third-order valence-corrected chi connectivity index (χ3v) is 3.93. The minimum Gasteiger partial charge on any atom is -0.317 e. The van der Waals surface area contributed by atoms with E-state index in [1.165, 1.54) is 5.56 Å². The van der Waals surface area contributed by atoms with Gasteiger partial charge in [-0.1, -0.05) is 32.9 Å². The quantitative estimate of drug-likeness (QED) is 0.726. The van der Waals surface area contributed by atoms with Gasteiger partial charge in [-0.2, -0.15) is 0 Å². The van der Waals surface area contributed by atoms with E-state index in [9.17, 15) is 8.42 Å². The maximum atomic E-state index is 11.2. The zero-order chi connectivity index (χ0) is 15.2. The molecule has 114 valence electrons. The molecular weight excluding hydrogens is 272 g/mol. The highest BCUT2D eigenvalue weighted by molar-refractivity contribution is 7.92. The first kappa shape index (κ1) is 17.0. The third kappa shape index (κ3) is 5.92. The van der Waals surface area contributed by atoms with Crippen molar-refractivity contribution in [2.24, 2.45) is 0 Å². The van der Waals surface area contributed by atoms with Crippen LogP contribution in [0.25, 0.3) is 0 Å². The first-order valence-electron chi connectivity index (χ1n) is 7.03. The van der Waals surface area contributed by atoms with E-state index in [1.54, 1.807) is 0 Å². The van der Waals surface area contributed by atoms with Gasteiger partial charge in [-0.05, 0) is 49.0 Å². The predicted octanol–water partition coefficient (Wildman–Crippen LogP) is 2.73. The zero-order valence-corrected chi connectivity index (χ0v) is 13.7. The molecule has 0 saturated carbocycles. The van der Waals surface area contributed by atoms with Gasteiger partial charge in [0, 0.05) is 5.69 Å². The van der Waals surface area contributed by atoms with Crippen molar-refractivity contribution in [1.82, 2.24) is 5.32 Å². The summed E-state index contributed by atoms with van der Waals surface area (Å²) >= 11 is 0. The van der Waals surface area contributed by atoms with E-state index in [4.69, 9.17) is 0 Å². The fourth-order valence-electron chi connectivity index (χ4n) is 2.05. The number of benzene rings is 1. The Labute approximate surface area is 123 Å². The highest BCUT2D eigenvalue weighted by atomic mass is 32.2. The molecule has 0 aliphatic heterocycles. The Balaban J connectivity index is 2.66. The lowest BCUT2D eigenvalue weighted by Crippen LogP contribution is -2.25. The summed E-state index contributed by atoms with van der Waals surface area (Å²) < 4.78 is 24.8. The topological polar surface area (TPSA) is 58.2 Å². The standard InChI is InChI=1S/C15H26N2O2S/c1-5-11-16-12-10-15(2,3)13-6-8-14(9-7-13)17-20(4,18)19/h6-9,16-17H,5,10-12H2,1-4H3. The largest absolute Gasteiger partial charge is 0.317 e. The zero-order valence-electron chi connectivity index (χ0n) is 12.9. The Morgan fingerprint density at radius 1 is 1.10 bits per heavy atom. The van der Waals surface area contributed by atoms with Crippen molar-refractivity contribution in [2.75, 3.05) is 24.1 Å².